The molecule has 1 atom stereocenters. The van der Waals surface area contributed by atoms with Gasteiger partial charge in [0.15, 0.2) is 34.6 Å². The maximum atomic E-state index is 11.9. The molecule has 2 aromatic rings. The number of hydrogen-bond acceptors (Lipinski definition) is 9. The summed E-state index contributed by atoms with van der Waals surface area (Å²) < 4.78 is 10.00. The van der Waals surface area contributed by atoms with Crippen LogP contribution in [0, 0.1) is 0 Å². The summed E-state index contributed by atoms with van der Waals surface area (Å²) in [4.78, 5) is 33.9. The summed E-state index contributed by atoms with van der Waals surface area (Å²) in [6, 6.07) is 8.66. The molecule has 0 heterocycles. The van der Waals surface area contributed by atoms with Gasteiger partial charge >= 0.3 is 5.97 Å². The van der Waals surface area contributed by atoms with E-state index in [2.05, 4.69) is 0 Å². The second-order valence-corrected chi connectivity index (χ2v) is 8.35. The van der Waals surface area contributed by atoms with Crippen molar-refractivity contribution in [3.63, 3.8) is 0 Å². The maximum absolute atomic E-state index is 11.9. The number of carbonyl (C=O) groups is 3. The number of carbonyl (C=O) groups excluding carboxylic acids is 2. The monoisotopic (exact) mass is 517 g/mol. The molecular weight excluding hydrogens is 486 g/mol. The highest BCUT2D eigenvalue weighted by Crippen LogP contribution is 2.27. The number of allylic oxidation sites excluding steroid dienone is 2. The quantitative estimate of drug-likeness (QED) is 0.243. The lowest BCUT2D eigenvalue weighted by Crippen LogP contribution is -2.30. The van der Waals surface area contributed by atoms with E-state index in [0.29, 0.717) is 29.0 Å². The Bertz CT molecular complexity index is 1020. The highest BCUT2D eigenvalue weighted by molar-refractivity contribution is 7.98. The summed E-state index contributed by atoms with van der Waals surface area (Å²) in [5, 5.41) is 27.4. The Balaban J connectivity index is 0.000000613. The Morgan fingerprint density at radius 1 is 0.917 bits per heavy atom. The van der Waals surface area contributed by atoms with Crippen molar-refractivity contribution in [2.24, 2.45) is 5.73 Å². The number of thioether (sulfide) groups is 1. The van der Waals surface area contributed by atoms with E-state index in [9.17, 15) is 24.6 Å². The van der Waals surface area contributed by atoms with E-state index in [1.165, 1.54) is 38.5 Å². The van der Waals surface area contributed by atoms with Crippen molar-refractivity contribution >= 4 is 41.4 Å². The molecule has 1 unspecified atom stereocenters. The van der Waals surface area contributed by atoms with Crippen LogP contribution in [0.2, 0.25) is 0 Å². The topological polar surface area (TPSA) is 156 Å². The standard InChI is InChI=1S/C21H20O6.C5H11NO2S/c1-26-20-11-14(5-9-18(20)24)3-7-16(22)13-17(23)8-4-15-6-10-19(25)21(12-15)27-2;1-9-3-2-4(6)5(7)8/h3-12,24-25H,13H2,1-2H3;4H,2-3,6H2,1H3,(H,7,8)/b7-3+,8-4+;. The average Bonchev–Trinajstić information content (AvgIpc) is 2.86. The largest absolute Gasteiger partial charge is 0.504 e. The number of ether oxygens (including phenoxy) is 2. The van der Waals surface area contributed by atoms with E-state index in [1.807, 2.05) is 6.26 Å². The third-order valence-electron chi connectivity index (χ3n) is 4.63. The van der Waals surface area contributed by atoms with Crippen LogP contribution >= 0.6 is 11.8 Å². The minimum Gasteiger partial charge on any atom is -0.504 e. The van der Waals surface area contributed by atoms with Crippen LogP contribution in [-0.2, 0) is 14.4 Å². The van der Waals surface area contributed by atoms with E-state index in [4.69, 9.17) is 20.3 Å². The molecular formula is C26H31NO8S. The van der Waals surface area contributed by atoms with Crippen LogP contribution in [-0.4, -0.2) is 65.1 Å². The van der Waals surface area contributed by atoms with Gasteiger partial charge in [-0.15, -0.1) is 0 Å². The van der Waals surface area contributed by atoms with E-state index >= 15 is 0 Å². The van der Waals surface area contributed by atoms with Crippen LogP contribution in [0.25, 0.3) is 12.2 Å². The van der Waals surface area contributed by atoms with Gasteiger partial charge in [-0.3, -0.25) is 14.4 Å². The van der Waals surface area contributed by atoms with E-state index in [-0.39, 0.29) is 29.5 Å². The van der Waals surface area contributed by atoms with Gasteiger partial charge in [0.2, 0.25) is 0 Å². The molecule has 0 radical (unpaired) electrons. The van der Waals surface area contributed by atoms with Crippen molar-refractivity contribution < 1.29 is 39.2 Å². The molecule has 0 saturated heterocycles. The summed E-state index contributed by atoms with van der Waals surface area (Å²) >= 11 is 1.60. The molecule has 0 aliphatic heterocycles. The molecule has 0 bridgehead atoms. The molecule has 2 rings (SSSR count). The van der Waals surface area contributed by atoms with Crippen molar-refractivity contribution in [3.05, 3.63) is 59.7 Å². The highest BCUT2D eigenvalue weighted by Gasteiger charge is 2.09. The summed E-state index contributed by atoms with van der Waals surface area (Å²) in [7, 11) is 2.87. The van der Waals surface area contributed by atoms with E-state index in [0.717, 1.165) is 5.75 Å². The normalized spacial score (nSPS) is 11.6. The van der Waals surface area contributed by atoms with Crippen molar-refractivity contribution in [1.82, 2.24) is 0 Å². The maximum Gasteiger partial charge on any atom is 0.320 e. The minimum absolute atomic E-state index is 0.00662. The van der Waals surface area contributed by atoms with Crippen LogP contribution in [0.5, 0.6) is 23.0 Å². The van der Waals surface area contributed by atoms with Gasteiger partial charge in [0.25, 0.3) is 0 Å². The first-order chi connectivity index (χ1) is 17.1. The molecule has 9 nitrogen and oxygen atoms in total. The van der Waals surface area contributed by atoms with Gasteiger partial charge in [-0.2, -0.15) is 11.8 Å². The Morgan fingerprint density at radius 2 is 1.36 bits per heavy atom. The fraction of sp³-hybridized carbons (Fsp3) is 0.269. The Hall–Kier alpha value is -3.76. The van der Waals surface area contributed by atoms with Crippen LogP contribution in [0.1, 0.15) is 24.0 Å². The summed E-state index contributed by atoms with van der Waals surface area (Å²) in [6.07, 6.45) is 7.92. The Labute approximate surface area is 214 Å². The fourth-order valence-electron chi connectivity index (χ4n) is 2.63. The van der Waals surface area contributed by atoms with Crippen LogP contribution in [0.3, 0.4) is 0 Å². The number of carboxylic acid groups (broad SMARTS) is 1. The van der Waals surface area contributed by atoms with Gasteiger partial charge in [-0.05, 0) is 66.0 Å². The van der Waals surface area contributed by atoms with Gasteiger partial charge in [-0.25, -0.2) is 0 Å². The lowest BCUT2D eigenvalue weighted by atomic mass is 10.1. The molecule has 5 N–H and O–H groups in total. The number of phenolic OH excluding ortho intramolecular Hbond substituents is 2. The van der Waals surface area contributed by atoms with Crippen molar-refractivity contribution in [3.8, 4) is 23.0 Å². The molecule has 10 heteroatoms. The van der Waals surface area contributed by atoms with Gasteiger partial charge in [-0.1, -0.05) is 24.3 Å². The predicted molar refractivity (Wildman–Crippen MR) is 141 cm³/mol. The lowest BCUT2D eigenvalue weighted by molar-refractivity contribution is -0.138. The van der Waals surface area contributed by atoms with Crippen molar-refractivity contribution in [2.75, 3.05) is 26.2 Å². The fourth-order valence-corrected chi connectivity index (χ4v) is 3.12. The summed E-state index contributed by atoms with van der Waals surface area (Å²) in [5.74, 6) is -0.183. The number of methoxy groups -OCH3 is 2. The highest BCUT2D eigenvalue weighted by atomic mass is 32.2. The molecule has 0 saturated carbocycles. The van der Waals surface area contributed by atoms with Crippen LogP contribution in [0.15, 0.2) is 48.6 Å². The zero-order chi connectivity index (χ0) is 27.1. The third-order valence-corrected chi connectivity index (χ3v) is 5.27. The van der Waals surface area contributed by atoms with Gasteiger partial charge in [0.05, 0.1) is 20.6 Å². The molecule has 194 valence electrons. The average molecular weight is 518 g/mol. The van der Waals surface area contributed by atoms with Gasteiger partial charge in [0.1, 0.15) is 6.04 Å². The number of nitrogens with two attached hydrogens (primary N) is 1. The molecule has 0 aromatic heterocycles. The predicted octanol–water partition coefficient (Wildman–Crippen LogP) is 3.52. The number of hydrogen-bond donors (Lipinski definition) is 4. The zero-order valence-corrected chi connectivity index (χ0v) is 21.2. The third kappa shape index (κ3) is 11.1. The number of aliphatic carboxylic acids is 1. The molecule has 0 amide bonds. The first-order valence-corrected chi connectivity index (χ1v) is 12.1. The van der Waals surface area contributed by atoms with Crippen LogP contribution < -0.4 is 15.2 Å². The Morgan fingerprint density at radius 3 is 1.72 bits per heavy atom. The van der Waals surface area contributed by atoms with Gasteiger partial charge < -0.3 is 30.5 Å². The van der Waals surface area contributed by atoms with Gasteiger partial charge in [0, 0.05) is 0 Å². The number of ketones is 2. The summed E-state index contributed by atoms with van der Waals surface area (Å²) in [5.41, 5.74) is 6.52. The second kappa shape index (κ2) is 16.0. The SMILES string of the molecule is COc1cc(/C=C/C(=O)CC(=O)/C=C/c2ccc(O)c(OC)c2)ccc1O.CSCCC(N)C(=O)O. The van der Waals surface area contributed by atoms with E-state index < -0.39 is 12.0 Å². The minimum atomic E-state index is -0.913. The lowest BCUT2D eigenvalue weighted by Gasteiger charge is -2.03. The number of rotatable bonds is 12. The molecule has 0 fully saturated rings. The molecule has 36 heavy (non-hydrogen) atoms. The molecule has 0 aliphatic rings. The van der Waals surface area contributed by atoms with Crippen LogP contribution in [0.4, 0.5) is 0 Å². The Kier molecular flexibility index (Phi) is 13.5. The van der Waals surface area contributed by atoms with E-state index in [1.54, 1.807) is 48.2 Å². The molecule has 0 spiro atoms. The summed E-state index contributed by atoms with van der Waals surface area (Å²) in [6.45, 7) is 0. The zero-order valence-electron chi connectivity index (χ0n) is 20.3. The molecule has 0 aliphatic carbocycles. The van der Waals surface area contributed by atoms with Crippen molar-refractivity contribution in [1.29, 1.82) is 0 Å². The molecule has 2 aromatic carbocycles. The number of benzene rings is 2. The second-order valence-electron chi connectivity index (χ2n) is 7.36. The first-order valence-electron chi connectivity index (χ1n) is 10.7. The number of carboxylic acids is 1. The number of phenols is 2. The number of aromatic hydroxyl groups is 2. The first kappa shape index (κ1) is 30.3. The van der Waals surface area contributed by atoms with Crippen molar-refractivity contribution in [2.45, 2.75) is 18.9 Å². The smallest absolute Gasteiger partial charge is 0.320 e.